The van der Waals surface area contributed by atoms with Gasteiger partial charge in [0.2, 0.25) is 0 Å². The van der Waals surface area contributed by atoms with Gasteiger partial charge >= 0.3 is 5.97 Å². The lowest BCUT2D eigenvalue weighted by Gasteiger charge is -2.30. The monoisotopic (exact) mass is 168 g/mol. The normalized spacial score (nSPS) is 50.5. The number of hydrogen-bond donors (Lipinski definition) is 0. The standard InChI is InChI=1S/C9H12O3/c10-9-6-3-5-4-8(6)12-7(5)1-2-11-9/h5-8H,1-4H2. The van der Waals surface area contributed by atoms with Gasteiger partial charge in [-0.25, -0.2) is 0 Å². The van der Waals surface area contributed by atoms with Crippen LogP contribution in [0.4, 0.5) is 0 Å². The average molecular weight is 168 g/mol. The van der Waals surface area contributed by atoms with Crippen molar-refractivity contribution in [1.82, 2.24) is 0 Å². The first kappa shape index (κ1) is 6.89. The van der Waals surface area contributed by atoms with Crippen molar-refractivity contribution in [3.05, 3.63) is 0 Å². The van der Waals surface area contributed by atoms with Crippen molar-refractivity contribution < 1.29 is 14.3 Å². The lowest BCUT2D eigenvalue weighted by molar-refractivity contribution is -0.164. The molecule has 66 valence electrons. The summed E-state index contributed by atoms with van der Waals surface area (Å²) in [4.78, 5) is 11.4. The van der Waals surface area contributed by atoms with Crippen LogP contribution in [0.3, 0.4) is 0 Å². The number of rotatable bonds is 0. The van der Waals surface area contributed by atoms with E-state index in [4.69, 9.17) is 9.47 Å². The van der Waals surface area contributed by atoms with Gasteiger partial charge in [-0.05, 0) is 18.8 Å². The Kier molecular flexibility index (Phi) is 1.28. The fraction of sp³-hybridized carbons (Fsp3) is 0.889. The van der Waals surface area contributed by atoms with Crippen molar-refractivity contribution in [3.8, 4) is 0 Å². The Morgan fingerprint density at radius 2 is 2.17 bits per heavy atom. The van der Waals surface area contributed by atoms with Gasteiger partial charge in [0, 0.05) is 6.42 Å². The smallest absolute Gasteiger partial charge is 0.311 e. The highest BCUT2D eigenvalue weighted by atomic mass is 16.6. The van der Waals surface area contributed by atoms with E-state index < -0.39 is 0 Å². The molecule has 4 fully saturated rings. The first-order chi connectivity index (χ1) is 5.84. The number of carbonyl (C=O) groups is 1. The minimum Gasteiger partial charge on any atom is -0.465 e. The Morgan fingerprint density at radius 3 is 2.92 bits per heavy atom. The third-order valence-corrected chi connectivity index (χ3v) is 3.37. The molecule has 0 aromatic carbocycles. The van der Waals surface area contributed by atoms with E-state index in [1.807, 2.05) is 0 Å². The molecule has 0 amide bonds. The largest absolute Gasteiger partial charge is 0.465 e. The fourth-order valence-electron chi connectivity index (χ4n) is 2.76. The number of ether oxygens (including phenoxy) is 2. The molecule has 4 aliphatic rings. The molecule has 0 N–H and O–H groups in total. The third kappa shape index (κ3) is 0.774. The Hall–Kier alpha value is -0.570. The molecule has 3 saturated heterocycles. The van der Waals surface area contributed by atoms with Crippen LogP contribution in [-0.2, 0) is 14.3 Å². The summed E-state index contributed by atoms with van der Waals surface area (Å²) in [6.45, 7) is 0.559. The highest BCUT2D eigenvalue weighted by molar-refractivity contribution is 5.74. The molecule has 3 heterocycles. The van der Waals surface area contributed by atoms with E-state index >= 15 is 0 Å². The van der Waals surface area contributed by atoms with Crippen molar-refractivity contribution in [2.75, 3.05) is 6.61 Å². The summed E-state index contributed by atoms with van der Waals surface area (Å²) < 4.78 is 10.8. The van der Waals surface area contributed by atoms with Crippen LogP contribution < -0.4 is 0 Å². The van der Waals surface area contributed by atoms with E-state index in [0.29, 0.717) is 18.6 Å². The Labute approximate surface area is 71.0 Å². The molecular weight excluding hydrogens is 156 g/mol. The van der Waals surface area contributed by atoms with Gasteiger partial charge in [0.1, 0.15) is 0 Å². The molecule has 0 radical (unpaired) electrons. The molecule has 4 atom stereocenters. The van der Waals surface area contributed by atoms with E-state index in [2.05, 4.69) is 0 Å². The van der Waals surface area contributed by atoms with Crippen LogP contribution in [0.2, 0.25) is 0 Å². The second kappa shape index (κ2) is 2.22. The SMILES string of the molecule is O=C1OCCC2OC3CC2CC13. The molecule has 1 aliphatic carbocycles. The Balaban J connectivity index is 1.91. The van der Waals surface area contributed by atoms with Crippen LogP contribution in [0.15, 0.2) is 0 Å². The van der Waals surface area contributed by atoms with Crippen molar-refractivity contribution >= 4 is 5.97 Å². The van der Waals surface area contributed by atoms with Gasteiger partial charge in [0.05, 0.1) is 24.7 Å². The summed E-state index contributed by atoms with van der Waals surface area (Å²) >= 11 is 0. The maximum absolute atomic E-state index is 11.4. The lowest BCUT2D eigenvalue weighted by atomic mass is 9.94. The van der Waals surface area contributed by atoms with Crippen molar-refractivity contribution in [2.24, 2.45) is 11.8 Å². The molecule has 0 aromatic heterocycles. The number of carbonyl (C=O) groups excluding carboxylic acids is 1. The topological polar surface area (TPSA) is 35.5 Å². The second-order valence-corrected chi connectivity index (χ2v) is 4.01. The van der Waals surface area contributed by atoms with Crippen LogP contribution in [-0.4, -0.2) is 24.8 Å². The maximum Gasteiger partial charge on any atom is 0.311 e. The zero-order valence-electron chi connectivity index (χ0n) is 6.86. The molecule has 0 spiro atoms. The summed E-state index contributed by atoms with van der Waals surface area (Å²) in [5.74, 6) is 0.681. The van der Waals surface area contributed by atoms with E-state index in [9.17, 15) is 4.79 Å². The number of fused-ring (bicyclic) bond motifs is 3. The summed E-state index contributed by atoms with van der Waals surface area (Å²) in [6, 6.07) is 0. The zero-order valence-corrected chi connectivity index (χ0v) is 6.86. The van der Waals surface area contributed by atoms with Gasteiger partial charge < -0.3 is 9.47 Å². The van der Waals surface area contributed by atoms with Gasteiger partial charge in [0.25, 0.3) is 0 Å². The minimum atomic E-state index is -0.0272. The van der Waals surface area contributed by atoms with E-state index in [1.54, 1.807) is 0 Å². The third-order valence-electron chi connectivity index (χ3n) is 3.37. The Morgan fingerprint density at radius 1 is 1.25 bits per heavy atom. The number of esters is 1. The maximum atomic E-state index is 11.4. The van der Waals surface area contributed by atoms with Crippen LogP contribution in [0, 0.1) is 11.8 Å². The van der Waals surface area contributed by atoms with Gasteiger partial charge in [-0.3, -0.25) is 4.79 Å². The lowest BCUT2D eigenvalue weighted by Crippen LogP contribution is -2.37. The average Bonchev–Trinajstić information content (AvgIpc) is 2.59. The van der Waals surface area contributed by atoms with Crippen LogP contribution in [0.5, 0.6) is 0 Å². The summed E-state index contributed by atoms with van der Waals surface area (Å²) in [6.07, 6.45) is 3.57. The first-order valence-electron chi connectivity index (χ1n) is 4.66. The molecule has 4 rings (SSSR count). The molecule has 4 unspecified atom stereocenters. The van der Waals surface area contributed by atoms with E-state index in [0.717, 1.165) is 19.3 Å². The minimum absolute atomic E-state index is 0.0272. The summed E-state index contributed by atoms with van der Waals surface area (Å²) in [7, 11) is 0. The van der Waals surface area contributed by atoms with Gasteiger partial charge in [0.15, 0.2) is 0 Å². The second-order valence-electron chi connectivity index (χ2n) is 4.01. The molecule has 3 aliphatic heterocycles. The summed E-state index contributed by atoms with van der Waals surface area (Å²) in [5, 5.41) is 0. The van der Waals surface area contributed by atoms with Crippen molar-refractivity contribution in [3.63, 3.8) is 0 Å². The van der Waals surface area contributed by atoms with Crippen LogP contribution in [0.1, 0.15) is 19.3 Å². The van der Waals surface area contributed by atoms with Gasteiger partial charge in [-0.1, -0.05) is 0 Å². The van der Waals surface area contributed by atoms with Crippen molar-refractivity contribution in [2.45, 2.75) is 31.5 Å². The van der Waals surface area contributed by atoms with E-state index in [-0.39, 0.29) is 18.0 Å². The van der Waals surface area contributed by atoms with Crippen LogP contribution >= 0.6 is 0 Å². The fourth-order valence-corrected chi connectivity index (χ4v) is 2.76. The van der Waals surface area contributed by atoms with E-state index in [1.165, 1.54) is 0 Å². The predicted octanol–water partition coefficient (Wildman–Crippen LogP) is 0.727. The summed E-state index contributed by atoms with van der Waals surface area (Å²) in [5.41, 5.74) is 0. The molecule has 4 bridgehead atoms. The van der Waals surface area contributed by atoms with Crippen molar-refractivity contribution in [1.29, 1.82) is 0 Å². The predicted molar refractivity (Wildman–Crippen MR) is 40.5 cm³/mol. The van der Waals surface area contributed by atoms with Gasteiger partial charge in [-0.2, -0.15) is 0 Å². The molecule has 3 nitrogen and oxygen atoms in total. The molecule has 1 saturated carbocycles. The number of hydrogen-bond acceptors (Lipinski definition) is 3. The highest BCUT2D eigenvalue weighted by Crippen LogP contribution is 2.46. The Bertz CT molecular complexity index is 226. The first-order valence-corrected chi connectivity index (χ1v) is 4.66. The van der Waals surface area contributed by atoms with Crippen LogP contribution in [0.25, 0.3) is 0 Å². The van der Waals surface area contributed by atoms with Gasteiger partial charge in [-0.15, -0.1) is 0 Å². The molecule has 3 heteroatoms. The molecular formula is C9H12O3. The quantitative estimate of drug-likeness (QED) is 0.500. The molecule has 12 heavy (non-hydrogen) atoms. The highest BCUT2D eigenvalue weighted by Gasteiger charge is 2.51. The zero-order chi connectivity index (χ0) is 8.13. The molecule has 0 aromatic rings.